The zero-order valence-corrected chi connectivity index (χ0v) is 7.36. The van der Waals surface area contributed by atoms with Gasteiger partial charge in [-0.2, -0.15) is 0 Å². The first-order valence-electron chi connectivity index (χ1n) is 3.97. The Morgan fingerprint density at radius 3 is 2.83 bits per heavy atom. The second-order valence-corrected chi connectivity index (χ2v) is 2.86. The van der Waals surface area contributed by atoms with E-state index in [0.29, 0.717) is 0 Å². The summed E-state index contributed by atoms with van der Waals surface area (Å²) in [6.07, 6.45) is 4.91. The van der Waals surface area contributed by atoms with Gasteiger partial charge in [0.15, 0.2) is 0 Å². The van der Waals surface area contributed by atoms with Crippen LogP contribution < -0.4 is 5.46 Å². The molecule has 1 aromatic rings. The van der Waals surface area contributed by atoms with Crippen LogP contribution in [0.25, 0.3) is 6.08 Å². The van der Waals surface area contributed by atoms with Crippen LogP contribution in [0, 0.1) is 0 Å². The van der Waals surface area contributed by atoms with Gasteiger partial charge < -0.3 is 5.11 Å². The minimum absolute atomic E-state index is 0.409. The first kappa shape index (κ1) is 9.01. The molecule has 0 amide bonds. The van der Waals surface area contributed by atoms with Gasteiger partial charge in [0.05, 0.1) is 11.8 Å². The molecule has 1 atom stereocenters. The standard InChI is InChI=1S/C9H12BNO/c1-7(12)2-4-9-5-3-8(10)6-11-9/h2-7,12H,10H2,1H3/b4-2-/t7-/m1/s1. The Kier molecular flexibility index (Phi) is 3.05. The minimum atomic E-state index is -0.409. The van der Waals surface area contributed by atoms with Gasteiger partial charge in [0.25, 0.3) is 0 Å². The molecule has 1 N–H and O–H groups in total. The summed E-state index contributed by atoms with van der Waals surface area (Å²) in [5, 5.41) is 8.95. The maximum atomic E-state index is 8.95. The topological polar surface area (TPSA) is 33.1 Å². The summed E-state index contributed by atoms with van der Waals surface area (Å²) < 4.78 is 0. The zero-order valence-electron chi connectivity index (χ0n) is 7.36. The van der Waals surface area contributed by atoms with Crippen LogP contribution in [0.2, 0.25) is 0 Å². The molecule has 0 aliphatic rings. The molecule has 1 aromatic heterocycles. The largest absolute Gasteiger partial charge is 0.389 e. The summed E-state index contributed by atoms with van der Waals surface area (Å²) >= 11 is 0. The molecular formula is C9H12BNO. The Hall–Kier alpha value is -1.09. The lowest BCUT2D eigenvalue weighted by molar-refractivity contribution is 0.245. The van der Waals surface area contributed by atoms with Gasteiger partial charge in [-0.25, -0.2) is 0 Å². The molecule has 0 radical (unpaired) electrons. The third-order valence-electron chi connectivity index (χ3n) is 1.48. The van der Waals surface area contributed by atoms with Crippen molar-refractivity contribution in [3.63, 3.8) is 0 Å². The Bertz CT molecular complexity index is 266. The molecule has 1 rings (SSSR count). The third-order valence-corrected chi connectivity index (χ3v) is 1.48. The van der Waals surface area contributed by atoms with Gasteiger partial charge in [0.2, 0.25) is 0 Å². The van der Waals surface area contributed by atoms with Crippen LogP contribution >= 0.6 is 0 Å². The van der Waals surface area contributed by atoms with Gasteiger partial charge in [0.1, 0.15) is 7.85 Å². The highest BCUT2D eigenvalue weighted by Gasteiger charge is 1.89. The molecule has 0 spiro atoms. The van der Waals surface area contributed by atoms with Crippen molar-refractivity contribution in [1.29, 1.82) is 0 Å². The number of aromatic nitrogens is 1. The van der Waals surface area contributed by atoms with Gasteiger partial charge in [-0.3, -0.25) is 4.98 Å². The van der Waals surface area contributed by atoms with Gasteiger partial charge >= 0.3 is 0 Å². The first-order chi connectivity index (χ1) is 5.68. The Morgan fingerprint density at radius 2 is 2.33 bits per heavy atom. The van der Waals surface area contributed by atoms with Crippen LogP contribution in [0.4, 0.5) is 0 Å². The number of rotatable bonds is 2. The number of hydrogen-bond acceptors (Lipinski definition) is 2. The molecule has 0 saturated heterocycles. The first-order valence-corrected chi connectivity index (χ1v) is 3.97. The predicted molar refractivity (Wildman–Crippen MR) is 53.1 cm³/mol. The summed E-state index contributed by atoms with van der Waals surface area (Å²) in [6, 6.07) is 3.92. The smallest absolute Gasteiger partial charge is 0.141 e. The number of nitrogens with zero attached hydrogens (tertiary/aromatic N) is 1. The van der Waals surface area contributed by atoms with Crippen molar-refractivity contribution >= 4 is 19.4 Å². The fraction of sp³-hybridized carbons (Fsp3) is 0.222. The van der Waals surface area contributed by atoms with E-state index in [1.165, 1.54) is 0 Å². The molecule has 0 unspecified atom stereocenters. The van der Waals surface area contributed by atoms with Crippen LogP contribution in [-0.4, -0.2) is 24.0 Å². The molecule has 0 aliphatic carbocycles. The minimum Gasteiger partial charge on any atom is -0.389 e. The van der Waals surface area contributed by atoms with Crippen LogP contribution in [-0.2, 0) is 0 Å². The average Bonchev–Trinajstić information content (AvgIpc) is 2.03. The molecule has 1 heterocycles. The zero-order chi connectivity index (χ0) is 8.97. The van der Waals surface area contributed by atoms with Gasteiger partial charge in [0, 0.05) is 6.20 Å². The number of hydrogen-bond donors (Lipinski definition) is 1. The monoisotopic (exact) mass is 161 g/mol. The molecule has 3 heteroatoms. The van der Waals surface area contributed by atoms with E-state index in [4.69, 9.17) is 5.11 Å². The molecule has 2 nitrogen and oxygen atoms in total. The highest BCUT2D eigenvalue weighted by molar-refractivity contribution is 6.32. The summed E-state index contributed by atoms with van der Waals surface area (Å²) in [5.74, 6) is 0. The lowest BCUT2D eigenvalue weighted by Gasteiger charge is -1.95. The van der Waals surface area contributed by atoms with E-state index in [0.717, 1.165) is 11.2 Å². The van der Waals surface area contributed by atoms with Gasteiger partial charge in [-0.05, 0) is 19.1 Å². The predicted octanol–water partition coefficient (Wildman–Crippen LogP) is -0.266. The maximum absolute atomic E-state index is 8.95. The molecule has 0 fully saturated rings. The summed E-state index contributed by atoms with van der Waals surface area (Å²) in [6.45, 7) is 1.71. The second-order valence-electron chi connectivity index (χ2n) is 2.86. The highest BCUT2D eigenvalue weighted by atomic mass is 16.3. The Labute approximate surface area is 73.4 Å². The highest BCUT2D eigenvalue weighted by Crippen LogP contribution is 1.96. The van der Waals surface area contributed by atoms with E-state index in [1.54, 1.807) is 13.0 Å². The van der Waals surface area contributed by atoms with E-state index in [-0.39, 0.29) is 0 Å². The van der Waals surface area contributed by atoms with Crippen LogP contribution in [0.3, 0.4) is 0 Å². The van der Waals surface area contributed by atoms with Gasteiger partial charge in [-0.15, -0.1) is 0 Å². The van der Waals surface area contributed by atoms with Crippen molar-refractivity contribution in [3.05, 3.63) is 30.1 Å². The second kappa shape index (κ2) is 4.07. The van der Waals surface area contributed by atoms with Crippen molar-refractivity contribution in [2.24, 2.45) is 0 Å². The molecule has 0 aromatic carbocycles. The van der Waals surface area contributed by atoms with E-state index in [2.05, 4.69) is 4.98 Å². The molecule has 62 valence electrons. The number of pyridine rings is 1. The number of aliphatic hydroxyl groups excluding tert-OH is 1. The van der Waals surface area contributed by atoms with Crippen LogP contribution in [0.1, 0.15) is 12.6 Å². The maximum Gasteiger partial charge on any atom is 0.141 e. The molecule has 0 bridgehead atoms. The summed E-state index contributed by atoms with van der Waals surface area (Å²) in [7, 11) is 2.00. The van der Waals surface area contributed by atoms with E-state index in [9.17, 15) is 0 Å². The van der Waals surface area contributed by atoms with Crippen LogP contribution in [0.15, 0.2) is 24.4 Å². The van der Waals surface area contributed by atoms with Crippen LogP contribution in [0.5, 0.6) is 0 Å². The normalized spacial score (nSPS) is 13.5. The number of aliphatic hydroxyl groups is 1. The Balaban J connectivity index is 2.71. The molecule has 0 saturated carbocycles. The van der Waals surface area contributed by atoms with Crippen molar-refractivity contribution in [3.8, 4) is 0 Å². The van der Waals surface area contributed by atoms with E-state index < -0.39 is 6.10 Å². The SMILES string of the molecule is Bc1ccc(/C=C\[C@@H](C)O)nc1. The summed E-state index contributed by atoms with van der Waals surface area (Å²) in [5.41, 5.74) is 2.02. The van der Waals surface area contributed by atoms with Gasteiger partial charge in [-0.1, -0.05) is 17.6 Å². The summed E-state index contributed by atoms with van der Waals surface area (Å²) in [4.78, 5) is 4.15. The average molecular weight is 161 g/mol. The van der Waals surface area contributed by atoms with Crippen molar-refractivity contribution in [1.82, 2.24) is 4.98 Å². The van der Waals surface area contributed by atoms with Crippen molar-refractivity contribution < 1.29 is 5.11 Å². The Morgan fingerprint density at radius 1 is 1.58 bits per heavy atom. The quantitative estimate of drug-likeness (QED) is 0.606. The van der Waals surface area contributed by atoms with E-state index in [1.807, 2.05) is 32.3 Å². The van der Waals surface area contributed by atoms with Crippen molar-refractivity contribution in [2.75, 3.05) is 0 Å². The van der Waals surface area contributed by atoms with E-state index >= 15 is 0 Å². The lowest BCUT2D eigenvalue weighted by Crippen LogP contribution is -2.02. The van der Waals surface area contributed by atoms with Crippen molar-refractivity contribution in [2.45, 2.75) is 13.0 Å². The molecule has 0 aliphatic heterocycles. The fourth-order valence-corrected chi connectivity index (χ4v) is 0.816. The fourth-order valence-electron chi connectivity index (χ4n) is 0.816. The molecule has 12 heavy (non-hydrogen) atoms. The lowest BCUT2D eigenvalue weighted by atomic mass is 9.99. The molecular weight excluding hydrogens is 149 g/mol. The third kappa shape index (κ3) is 2.88.